The van der Waals surface area contributed by atoms with Crippen LogP contribution in [0, 0.1) is 0 Å². The zero-order valence-electron chi connectivity index (χ0n) is 14.6. The van der Waals surface area contributed by atoms with Crippen molar-refractivity contribution >= 4 is 17.1 Å². The van der Waals surface area contributed by atoms with Crippen LogP contribution in [0.4, 0.5) is 0 Å². The fourth-order valence-corrected chi connectivity index (χ4v) is 4.00. The maximum atomic E-state index is 5.43. The second-order valence-electron chi connectivity index (χ2n) is 7.00. The quantitative estimate of drug-likeness (QED) is 0.696. The summed E-state index contributed by atoms with van der Waals surface area (Å²) >= 11 is 0. The fourth-order valence-electron chi connectivity index (χ4n) is 4.00. The second-order valence-corrected chi connectivity index (χ2v) is 7.00. The number of rotatable bonds is 2. The predicted octanol–water partition coefficient (Wildman–Crippen LogP) is 4.46. The Morgan fingerprint density at radius 1 is 1.17 bits per heavy atom. The Morgan fingerprint density at radius 2 is 2.00 bits per heavy atom. The summed E-state index contributed by atoms with van der Waals surface area (Å²) in [5.74, 6) is 0.925. The first kappa shape index (κ1) is 15.0. The monoisotopic (exact) mass is 318 g/mol. The van der Waals surface area contributed by atoms with Crippen LogP contribution in [0.2, 0.25) is 0 Å². The Hall–Kier alpha value is -2.55. The van der Waals surface area contributed by atoms with Crippen molar-refractivity contribution in [3.8, 4) is 5.75 Å². The number of hydrogen-bond donors (Lipinski definition) is 1. The van der Waals surface area contributed by atoms with Crippen molar-refractivity contribution in [3.63, 3.8) is 0 Å². The van der Waals surface area contributed by atoms with Gasteiger partial charge in [0.25, 0.3) is 0 Å². The number of methoxy groups -OCH3 is 1. The van der Waals surface area contributed by atoms with Crippen LogP contribution in [-0.4, -0.2) is 25.4 Å². The molecule has 0 unspecified atom stereocenters. The largest absolute Gasteiger partial charge is 0.497 e. The van der Waals surface area contributed by atoms with Crippen LogP contribution in [0.25, 0.3) is 10.9 Å². The third kappa shape index (κ3) is 2.08. The first-order valence-corrected chi connectivity index (χ1v) is 8.29. The number of benzene rings is 2. The van der Waals surface area contributed by atoms with E-state index >= 15 is 0 Å². The maximum absolute atomic E-state index is 5.43. The van der Waals surface area contributed by atoms with E-state index in [9.17, 15) is 0 Å². The van der Waals surface area contributed by atoms with E-state index in [4.69, 9.17) is 4.74 Å². The fraction of sp³-hybridized carbons (Fsp3) is 0.286. The summed E-state index contributed by atoms with van der Waals surface area (Å²) in [4.78, 5) is 7.80. The van der Waals surface area contributed by atoms with E-state index in [-0.39, 0.29) is 5.41 Å². The van der Waals surface area contributed by atoms with Crippen LogP contribution < -0.4 is 4.74 Å². The molecule has 1 heterocycles. The Balaban J connectivity index is 1.94. The summed E-state index contributed by atoms with van der Waals surface area (Å²) in [5, 5.41) is 1.31. The van der Waals surface area contributed by atoms with Crippen LogP contribution in [-0.2, 0) is 11.8 Å². The summed E-state index contributed by atoms with van der Waals surface area (Å²) in [5.41, 5.74) is 7.71. The number of H-pyrrole nitrogens is 1. The average molecular weight is 318 g/mol. The van der Waals surface area contributed by atoms with Gasteiger partial charge in [0.2, 0.25) is 0 Å². The molecule has 0 spiro atoms. The SMILES string of the molecule is C/N=C\c1ccc2c3c([nH]c2c1)C(C)(C)c1ccc(OC)cc1C3. The van der Waals surface area contributed by atoms with Gasteiger partial charge in [0, 0.05) is 41.7 Å². The van der Waals surface area contributed by atoms with Gasteiger partial charge in [-0.05, 0) is 40.5 Å². The van der Waals surface area contributed by atoms with Gasteiger partial charge in [0.1, 0.15) is 5.75 Å². The van der Waals surface area contributed by atoms with Crippen molar-refractivity contribution in [3.05, 3.63) is 64.3 Å². The Kier molecular flexibility index (Phi) is 3.27. The standard InChI is InChI=1S/C21H22N2O/c1-21(2)18-8-6-15(24-4)10-14(18)11-17-16-7-5-13(12-22-3)9-19(16)23-20(17)21/h5-10,12,23H,11H2,1-4H3/b22-12-. The number of fused-ring (bicyclic) bond motifs is 4. The molecule has 0 bridgehead atoms. The molecule has 1 aliphatic rings. The lowest BCUT2D eigenvalue weighted by molar-refractivity contribution is 0.413. The van der Waals surface area contributed by atoms with E-state index in [1.807, 2.05) is 6.21 Å². The van der Waals surface area contributed by atoms with E-state index in [1.54, 1.807) is 14.2 Å². The predicted molar refractivity (Wildman–Crippen MR) is 99.7 cm³/mol. The van der Waals surface area contributed by atoms with Crippen LogP contribution >= 0.6 is 0 Å². The van der Waals surface area contributed by atoms with Crippen molar-refractivity contribution < 1.29 is 4.74 Å². The molecule has 0 atom stereocenters. The minimum Gasteiger partial charge on any atom is -0.497 e. The van der Waals surface area contributed by atoms with Gasteiger partial charge in [0.15, 0.2) is 0 Å². The molecule has 0 amide bonds. The summed E-state index contributed by atoms with van der Waals surface area (Å²) in [6.07, 6.45) is 2.83. The molecule has 1 aromatic heterocycles. The van der Waals surface area contributed by atoms with Gasteiger partial charge < -0.3 is 9.72 Å². The molecular formula is C21H22N2O. The first-order chi connectivity index (χ1) is 11.5. The molecule has 3 heteroatoms. The third-order valence-corrected chi connectivity index (χ3v) is 5.19. The van der Waals surface area contributed by atoms with Crippen molar-refractivity contribution in [1.29, 1.82) is 0 Å². The van der Waals surface area contributed by atoms with Gasteiger partial charge in [-0.1, -0.05) is 32.0 Å². The third-order valence-electron chi connectivity index (χ3n) is 5.19. The molecule has 0 radical (unpaired) electrons. The normalized spacial score (nSPS) is 15.5. The van der Waals surface area contributed by atoms with Gasteiger partial charge in [-0.2, -0.15) is 0 Å². The van der Waals surface area contributed by atoms with Crippen molar-refractivity contribution in [2.45, 2.75) is 25.7 Å². The minimum absolute atomic E-state index is 0.0484. The number of aromatic nitrogens is 1. The zero-order valence-corrected chi connectivity index (χ0v) is 14.6. The van der Waals surface area contributed by atoms with Gasteiger partial charge in [0.05, 0.1) is 7.11 Å². The van der Waals surface area contributed by atoms with Crippen molar-refractivity contribution in [1.82, 2.24) is 4.98 Å². The molecule has 0 aliphatic heterocycles. The molecule has 0 saturated heterocycles. The van der Waals surface area contributed by atoms with Crippen LogP contribution in [0.3, 0.4) is 0 Å². The molecular weight excluding hydrogens is 296 g/mol. The lowest BCUT2D eigenvalue weighted by atomic mass is 9.72. The highest BCUT2D eigenvalue weighted by Crippen LogP contribution is 2.44. The molecule has 122 valence electrons. The number of hydrogen-bond acceptors (Lipinski definition) is 2. The molecule has 1 N–H and O–H groups in total. The van der Waals surface area contributed by atoms with Gasteiger partial charge in [-0.25, -0.2) is 0 Å². The molecule has 3 aromatic rings. The summed E-state index contributed by atoms with van der Waals surface area (Å²) in [6, 6.07) is 13.0. The summed E-state index contributed by atoms with van der Waals surface area (Å²) in [7, 11) is 3.53. The topological polar surface area (TPSA) is 37.4 Å². The molecule has 3 nitrogen and oxygen atoms in total. The number of aliphatic imine (C=N–C) groups is 1. The molecule has 0 fully saturated rings. The average Bonchev–Trinajstić information content (AvgIpc) is 2.94. The summed E-state index contributed by atoms with van der Waals surface area (Å²) in [6.45, 7) is 4.58. The second kappa shape index (κ2) is 5.23. The Morgan fingerprint density at radius 3 is 2.75 bits per heavy atom. The number of nitrogens with zero attached hydrogens (tertiary/aromatic N) is 1. The molecule has 1 aliphatic carbocycles. The highest BCUT2D eigenvalue weighted by Gasteiger charge is 2.35. The van der Waals surface area contributed by atoms with E-state index in [0.717, 1.165) is 17.7 Å². The van der Waals surface area contributed by atoms with Crippen LogP contribution in [0.1, 0.15) is 41.8 Å². The highest BCUT2D eigenvalue weighted by molar-refractivity contribution is 5.92. The molecule has 24 heavy (non-hydrogen) atoms. The zero-order chi connectivity index (χ0) is 16.9. The van der Waals surface area contributed by atoms with Gasteiger partial charge >= 0.3 is 0 Å². The highest BCUT2D eigenvalue weighted by atomic mass is 16.5. The Labute approximate surface area is 142 Å². The van der Waals surface area contributed by atoms with Crippen LogP contribution in [0.15, 0.2) is 41.4 Å². The van der Waals surface area contributed by atoms with Crippen LogP contribution in [0.5, 0.6) is 5.75 Å². The van der Waals surface area contributed by atoms with E-state index in [0.29, 0.717) is 0 Å². The number of nitrogens with one attached hydrogen (secondary N) is 1. The van der Waals surface area contributed by atoms with Crippen molar-refractivity contribution in [2.75, 3.05) is 14.2 Å². The lowest BCUT2D eigenvalue weighted by Gasteiger charge is -2.33. The van der Waals surface area contributed by atoms with Gasteiger partial charge in [-0.3, -0.25) is 4.99 Å². The molecule has 2 aromatic carbocycles. The minimum atomic E-state index is -0.0484. The van der Waals surface area contributed by atoms with E-state index in [1.165, 1.54) is 33.3 Å². The maximum Gasteiger partial charge on any atom is 0.119 e. The van der Waals surface area contributed by atoms with Gasteiger partial charge in [-0.15, -0.1) is 0 Å². The van der Waals surface area contributed by atoms with E-state index in [2.05, 4.69) is 60.2 Å². The number of ether oxygens (including phenoxy) is 1. The smallest absolute Gasteiger partial charge is 0.119 e. The first-order valence-electron chi connectivity index (χ1n) is 8.29. The van der Waals surface area contributed by atoms with Crippen molar-refractivity contribution in [2.24, 2.45) is 4.99 Å². The number of aromatic amines is 1. The molecule has 0 saturated carbocycles. The molecule has 4 rings (SSSR count). The van der Waals surface area contributed by atoms with E-state index < -0.39 is 0 Å². The Bertz CT molecular complexity index is 963. The lowest BCUT2D eigenvalue weighted by Crippen LogP contribution is -2.27. The summed E-state index contributed by atoms with van der Waals surface area (Å²) < 4.78 is 5.43.